The minimum Gasteiger partial charge on any atom is -0.245 e. The zero-order valence-corrected chi connectivity index (χ0v) is 11.4. The van der Waals surface area contributed by atoms with Gasteiger partial charge in [0.15, 0.2) is 0 Å². The van der Waals surface area contributed by atoms with Crippen molar-refractivity contribution in [2.45, 2.75) is 12.8 Å². The molecule has 2 heteroatoms. The van der Waals surface area contributed by atoms with E-state index in [1.54, 1.807) is 11.3 Å². The molecule has 0 N–H and O–H groups in total. The molecule has 0 unspecified atom stereocenters. The van der Waals surface area contributed by atoms with Crippen molar-refractivity contribution >= 4 is 11.3 Å². The molecule has 3 aromatic rings. The third-order valence-electron chi connectivity index (χ3n) is 3.15. The van der Waals surface area contributed by atoms with Gasteiger partial charge in [0, 0.05) is 17.1 Å². The highest BCUT2D eigenvalue weighted by Gasteiger charge is 2.02. The highest BCUT2D eigenvalue weighted by molar-refractivity contribution is 7.13. The monoisotopic (exact) mass is 265 g/mol. The Balaban J connectivity index is 1.74. The van der Waals surface area contributed by atoms with Crippen molar-refractivity contribution in [1.82, 2.24) is 4.98 Å². The molecule has 94 valence electrons. The summed E-state index contributed by atoms with van der Waals surface area (Å²) in [6, 6.07) is 19.3. The number of aryl methyl sites for hydroxylation is 2. The molecule has 0 spiro atoms. The first-order valence-corrected chi connectivity index (χ1v) is 7.32. The van der Waals surface area contributed by atoms with Crippen molar-refractivity contribution in [2.75, 3.05) is 0 Å². The standard InChI is InChI=1S/C17H15NS/c1-2-5-14(6-3-1)9-10-15-7-4-8-16(13-15)17-18-11-12-19-17/h1-8,11-13H,9-10H2. The van der Waals surface area contributed by atoms with Gasteiger partial charge in [-0.1, -0.05) is 48.5 Å². The van der Waals surface area contributed by atoms with Gasteiger partial charge in [-0.25, -0.2) is 4.98 Å². The molecule has 1 nitrogen and oxygen atoms in total. The fourth-order valence-electron chi connectivity index (χ4n) is 2.16. The number of hydrogen-bond donors (Lipinski definition) is 0. The van der Waals surface area contributed by atoms with E-state index in [2.05, 4.69) is 59.6 Å². The number of hydrogen-bond acceptors (Lipinski definition) is 2. The molecule has 1 heterocycles. The van der Waals surface area contributed by atoms with E-state index in [0.29, 0.717) is 0 Å². The van der Waals surface area contributed by atoms with Gasteiger partial charge in [-0.2, -0.15) is 0 Å². The van der Waals surface area contributed by atoms with Crippen LogP contribution in [0.5, 0.6) is 0 Å². The van der Waals surface area contributed by atoms with Crippen molar-refractivity contribution in [1.29, 1.82) is 0 Å². The van der Waals surface area contributed by atoms with Gasteiger partial charge in [0.1, 0.15) is 5.01 Å². The average Bonchev–Trinajstić information content (AvgIpc) is 3.01. The number of aromatic nitrogens is 1. The molecule has 0 aliphatic rings. The average molecular weight is 265 g/mol. The van der Waals surface area contributed by atoms with Crippen LogP contribution in [0.25, 0.3) is 10.6 Å². The van der Waals surface area contributed by atoms with Crippen LogP contribution in [-0.2, 0) is 12.8 Å². The van der Waals surface area contributed by atoms with Crippen LogP contribution in [0.3, 0.4) is 0 Å². The quantitative estimate of drug-likeness (QED) is 0.672. The van der Waals surface area contributed by atoms with Crippen LogP contribution >= 0.6 is 11.3 Å². The summed E-state index contributed by atoms with van der Waals surface area (Å²) in [5.41, 5.74) is 3.99. The largest absolute Gasteiger partial charge is 0.245 e. The molecule has 0 radical (unpaired) electrons. The van der Waals surface area contributed by atoms with E-state index in [1.165, 1.54) is 16.7 Å². The summed E-state index contributed by atoms with van der Waals surface area (Å²) in [6.07, 6.45) is 4.02. The van der Waals surface area contributed by atoms with E-state index in [9.17, 15) is 0 Å². The maximum Gasteiger partial charge on any atom is 0.123 e. The molecule has 1 aromatic heterocycles. The lowest BCUT2D eigenvalue weighted by atomic mass is 10.0. The number of thiazole rings is 1. The third kappa shape index (κ3) is 3.09. The summed E-state index contributed by atoms with van der Waals surface area (Å²) in [6.45, 7) is 0. The lowest BCUT2D eigenvalue weighted by Gasteiger charge is -2.04. The molecule has 19 heavy (non-hydrogen) atoms. The Morgan fingerprint density at radius 2 is 1.63 bits per heavy atom. The van der Waals surface area contributed by atoms with Gasteiger partial charge < -0.3 is 0 Å². The van der Waals surface area contributed by atoms with Gasteiger partial charge in [0.05, 0.1) is 0 Å². The number of nitrogens with zero attached hydrogens (tertiary/aromatic N) is 1. The Bertz CT molecular complexity index is 629. The van der Waals surface area contributed by atoms with Gasteiger partial charge in [0.2, 0.25) is 0 Å². The Morgan fingerprint density at radius 1 is 0.842 bits per heavy atom. The molecule has 0 aliphatic heterocycles. The van der Waals surface area contributed by atoms with Crippen LogP contribution in [0.4, 0.5) is 0 Å². The van der Waals surface area contributed by atoms with Crippen molar-refractivity contribution in [3.8, 4) is 10.6 Å². The summed E-state index contributed by atoms with van der Waals surface area (Å²) in [5, 5.41) is 3.12. The molecule has 3 rings (SSSR count). The number of benzene rings is 2. The highest BCUT2D eigenvalue weighted by atomic mass is 32.1. The first-order chi connectivity index (χ1) is 9.42. The second kappa shape index (κ2) is 5.81. The predicted octanol–water partition coefficient (Wildman–Crippen LogP) is 4.60. The molecule has 2 aromatic carbocycles. The molecular formula is C17H15NS. The van der Waals surface area contributed by atoms with E-state index in [-0.39, 0.29) is 0 Å². The molecule has 0 saturated carbocycles. The molecular weight excluding hydrogens is 250 g/mol. The zero-order chi connectivity index (χ0) is 12.9. The van der Waals surface area contributed by atoms with Crippen LogP contribution < -0.4 is 0 Å². The highest BCUT2D eigenvalue weighted by Crippen LogP contribution is 2.23. The third-order valence-corrected chi connectivity index (χ3v) is 3.97. The SMILES string of the molecule is c1ccc(CCc2cccc(-c3nccs3)c2)cc1. The minimum absolute atomic E-state index is 1.07. The first-order valence-electron chi connectivity index (χ1n) is 6.44. The second-order valence-electron chi connectivity index (χ2n) is 4.52. The van der Waals surface area contributed by atoms with Crippen LogP contribution in [0.15, 0.2) is 66.2 Å². The molecule has 0 amide bonds. The lowest BCUT2D eigenvalue weighted by molar-refractivity contribution is 0.961. The molecule has 0 saturated heterocycles. The summed E-state index contributed by atoms with van der Waals surface area (Å²) < 4.78 is 0. The smallest absolute Gasteiger partial charge is 0.123 e. The van der Waals surface area contributed by atoms with Crippen molar-refractivity contribution in [3.63, 3.8) is 0 Å². The molecule has 0 fully saturated rings. The zero-order valence-electron chi connectivity index (χ0n) is 10.6. The summed E-state index contributed by atoms with van der Waals surface area (Å²) in [5.74, 6) is 0. The van der Waals surface area contributed by atoms with E-state index >= 15 is 0 Å². The van der Waals surface area contributed by atoms with Gasteiger partial charge in [-0.3, -0.25) is 0 Å². The van der Waals surface area contributed by atoms with Crippen LogP contribution in [-0.4, -0.2) is 4.98 Å². The van der Waals surface area contributed by atoms with Crippen molar-refractivity contribution in [3.05, 3.63) is 77.3 Å². The van der Waals surface area contributed by atoms with Gasteiger partial charge in [-0.15, -0.1) is 11.3 Å². The first kappa shape index (κ1) is 12.1. The van der Waals surface area contributed by atoms with Crippen LogP contribution in [0.2, 0.25) is 0 Å². The Hall–Kier alpha value is -1.93. The van der Waals surface area contributed by atoms with E-state index in [0.717, 1.165) is 17.8 Å². The Morgan fingerprint density at radius 3 is 2.42 bits per heavy atom. The van der Waals surface area contributed by atoms with E-state index in [1.807, 2.05) is 11.6 Å². The summed E-state index contributed by atoms with van der Waals surface area (Å²) in [4.78, 5) is 4.36. The van der Waals surface area contributed by atoms with Crippen LogP contribution in [0, 0.1) is 0 Å². The second-order valence-corrected chi connectivity index (χ2v) is 5.42. The number of rotatable bonds is 4. The molecule has 0 aliphatic carbocycles. The fraction of sp³-hybridized carbons (Fsp3) is 0.118. The van der Waals surface area contributed by atoms with Gasteiger partial charge >= 0.3 is 0 Å². The van der Waals surface area contributed by atoms with Gasteiger partial charge in [0.25, 0.3) is 0 Å². The van der Waals surface area contributed by atoms with Crippen molar-refractivity contribution < 1.29 is 0 Å². The van der Waals surface area contributed by atoms with Gasteiger partial charge in [-0.05, 0) is 30.0 Å². The normalized spacial score (nSPS) is 10.5. The van der Waals surface area contributed by atoms with E-state index in [4.69, 9.17) is 0 Å². The lowest BCUT2D eigenvalue weighted by Crippen LogP contribution is -1.91. The maximum atomic E-state index is 4.36. The Kier molecular flexibility index (Phi) is 3.70. The molecule has 0 bridgehead atoms. The fourth-order valence-corrected chi connectivity index (χ4v) is 2.79. The Labute approximate surface area is 117 Å². The molecule has 0 atom stereocenters. The maximum absolute atomic E-state index is 4.36. The summed E-state index contributed by atoms with van der Waals surface area (Å²) >= 11 is 1.69. The topological polar surface area (TPSA) is 12.9 Å². The van der Waals surface area contributed by atoms with E-state index < -0.39 is 0 Å². The van der Waals surface area contributed by atoms with Crippen LogP contribution in [0.1, 0.15) is 11.1 Å². The minimum atomic E-state index is 1.07. The predicted molar refractivity (Wildman–Crippen MR) is 81.4 cm³/mol. The van der Waals surface area contributed by atoms with Crippen molar-refractivity contribution in [2.24, 2.45) is 0 Å². The summed E-state index contributed by atoms with van der Waals surface area (Å²) in [7, 11) is 0.